The van der Waals surface area contributed by atoms with Crippen LogP contribution in [0.25, 0.3) is 43.6 Å². The summed E-state index contributed by atoms with van der Waals surface area (Å²) in [4.78, 5) is 29.8. The van der Waals surface area contributed by atoms with Gasteiger partial charge in [0, 0.05) is 33.1 Å². The molecule has 0 saturated carbocycles. The number of phenolic OH excluding ortho intramolecular Hbond substituents is 1. The molecule has 8 rings (SSSR count). The number of carbonyl (C=O) groups is 2. The molecule has 0 radical (unpaired) electrons. The number of imide groups is 1. The van der Waals surface area contributed by atoms with E-state index >= 15 is 0 Å². The zero-order valence-electron chi connectivity index (χ0n) is 20.4. The van der Waals surface area contributed by atoms with Crippen molar-refractivity contribution in [3.63, 3.8) is 0 Å². The summed E-state index contributed by atoms with van der Waals surface area (Å²) < 4.78 is 18.7. The smallest absolute Gasteiger partial charge is 0.259 e. The minimum atomic E-state index is -1.67. The van der Waals surface area contributed by atoms with Crippen molar-refractivity contribution in [1.29, 1.82) is 0 Å². The number of benzene rings is 3. The molecular weight excluding hydrogens is 526 g/mol. The van der Waals surface area contributed by atoms with Gasteiger partial charge < -0.3 is 49.3 Å². The number of rotatable bonds is 2. The van der Waals surface area contributed by atoms with Crippen molar-refractivity contribution >= 4 is 55.4 Å². The number of fused-ring (bicyclic) bond motifs is 11. The largest absolute Gasteiger partial charge is 0.508 e. The van der Waals surface area contributed by atoms with Gasteiger partial charge in [0.15, 0.2) is 17.7 Å². The number of aromatic amines is 1. The van der Waals surface area contributed by atoms with Crippen molar-refractivity contribution in [1.82, 2.24) is 14.9 Å². The Balaban J connectivity index is 1.60. The number of hydrogen-bond acceptors (Lipinski definition) is 10. The Hall–Kier alpha value is -4.40. The maximum atomic E-state index is 13.3. The van der Waals surface area contributed by atoms with Crippen molar-refractivity contribution < 1.29 is 49.3 Å². The lowest BCUT2D eigenvalue weighted by Gasteiger charge is -2.41. The number of phenols is 1. The van der Waals surface area contributed by atoms with Gasteiger partial charge in [-0.05, 0) is 24.3 Å². The van der Waals surface area contributed by atoms with Crippen LogP contribution in [0.5, 0.6) is 17.2 Å². The van der Waals surface area contributed by atoms with Crippen LogP contribution < -0.4 is 14.8 Å². The van der Waals surface area contributed by atoms with E-state index in [2.05, 4.69) is 10.3 Å². The van der Waals surface area contributed by atoms with Gasteiger partial charge in [0.05, 0.1) is 34.3 Å². The fourth-order valence-corrected chi connectivity index (χ4v) is 6.31. The number of amides is 2. The number of carbonyl (C=O) groups excluding carboxylic acids is 2. The Morgan fingerprint density at radius 1 is 0.900 bits per heavy atom. The number of ether oxygens (including phenoxy) is 3. The Kier molecular flexibility index (Phi) is 4.60. The minimum absolute atomic E-state index is 0.0350. The van der Waals surface area contributed by atoms with E-state index in [-0.39, 0.29) is 23.7 Å². The van der Waals surface area contributed by atoms with Crippen molar-refractivity contribution in [3.8, 4) is 17.2 Å². The quantitative estimate of drug-likeness (QED) is 0.155. The Morgan fingerprint density at radius 3 is 2.38 bits per heavy atom. The Bertz CT molecular complexity index is 1960. The number of H-pyrrole nitrogens is 1. The first-order valence-corrected chi connectivity index (χ1v) is 12.5. The topological polar surface area (TPSA) is 196 Å². The van der Waals surface area contributed by atoms with Crippen LogP contribution in [0.1, 0.15) is 26.9 Å². The van der Waals surface area contributed by atoms with E-state index in [0.717, 1.165) is 0 Å². The molecule has 3 aliphatic heterocycles. The predicted molar refractivity (Wildman–Crippen MR) is 137 cm³/mol. The first-order valence-electron chi connectivity index (χ1n) is 12.5. The molecule has 13 nitrogen and oxygen atoms in total. The molecule has 5 aromatic rings. The molecule has 0 aliphatic carbocycles. The van der Waals surface area contributed by atoms with Gasteiger partial charge in [0.25, 0.3) is 11.8 Å². The molecule has 0 spiro atoms. The van der Waals surface area contributed by atoms with Crippen molar-refractivity contribution in [2.24, 2.45) is 0 Å². The highest BCUT2D eigenvalue weighted by Gasteiger charge is 2.46. The van der Waals surface area contributed by atoms with Gasteiger partial charge in [-0.3, -0.25) is 14.9 Å². The van der Waals surface area contributed by atoms with Crippen LogP contribution in [-0.2, 0) is 4.74 Å². The monoisotopic (exact) mass is 547 g/mol. The van der Waals surface area contributed by atoms with Crippen LogP contribution in [0.3, 0.4) is 0 Å². The second-order valence-corrected chi connectivity index (χ2v) is 10.2. The maximum Gasteiger partial charge on any atom is 0.259 e. The standard InChI is InChI=1S/C27H21N3O10/c31-6-15-22(33)23(34)24(35)27(40-15)30-12-5-14-13(38-7-39-14)4-10(12)17-19-18(25(36)29-26(19)37)16-9-3-8(32)1-2-11(9)28-20(16)21(17)30/h1-5,15,22-24,27-28,31-35H,6-7H2,(H,29,36,37)/t15-,22+,23-,24-,27?/m1/s1. The zero-order valence-corrected chi connectivity index (χ0v) is 20.4. The van der Waals surface area contributed by atoms with Crippen molar-refractivity contribution in [3.05, 3.63) is 41.5 Å². The number of hydrogen-bond donors (Lipinski definition) is 7. The fourth-order valence-electron chi connectivity index (χ4n) is 6.31. The van der Waals surface area contributed by atoms with E-state index in [0.29, 0.717) is 55.1 Å². The van der Waals surface area contributed by atoms with Crippen LogP contribution in [-0.4, -0.2) is 84.7 Å². The van der Waals surface area contributed by atoms with Crippen LogP contribution in [0.4, 0.5) is 0 Å². The average Bonchev–Trinajstić information content (AvgIpc) is 3.68. The third-order valence-corrected chi connectivity index (χ3v) is 8.07. The second-order valence-electron chi connectivity index (χ2n) is 10.2. The van der Waals surface area contributed by atoms with Crippen molar-refractivity contribution in [2.45, 2.75) is 30.6 Å². The molecule has 0 bridgehead atoms. The summed E-state index contributed by atoms with van der Waals surface area (Å²) in [6, 6.07) is 7.90. The van der Waals surface area contributed by atoms with E-state index in [1.165, 1.54) is 12.1 Å². The van der Waals surface area contributed by atoms with Gasteiger partial charge >= 0.3 is 0 Å². The minimum Gasteiger partial charge on any atom is -0.508 e. The predicted octanol–water partition coefficient (Wildman–Crippen LogP) is 0.719. The van der Waals surface area contributed by atoms with Gasteiger partial charge in [-0.2, -0.15) is 0 Å². The molecular formula is C27H21N3O10. The Labute approximate surface area is 222 Å². The third-order valence-electron chi connectivity index (χ3n) is 8.07. The van der Waals surface area contributed by atoms with Crippen LogP contribution >= 0.6 is 0 Å². The number of aromatic nitrogens is 2. The normalized spacial score (nSPS) is 25.9. The summed E-state index contributed by atoms with van der Waals surface area (Å²) in [5.74, 6) is -0.499. The molecule has 7 N–H and O–H groups in total. The summed E-state index contributed by atoms with van der Waals surface area (Å²) in [6.45, 7) is -0.676. The molecule has 2 aromatic heterocycles. The van der Waals surface area contributed by atoms with Crippen LogP contribution in [0.2, 0.25) is 0 Å². The third kappa shape index (κ3) is 2.82. The highest BCUT2D eigenvalue weighted by atomic mass is 16.7. The second kappa shape index (κ2) is 7.84. The average molecular weight is 547 g/mol. The summed E-state index contributed by atoms with van der Waals surface area (Å²) in [5, 5.41) is 56.5. The zero-order chi connectivity index (χ0) is 27.6. The molecule has 1 fully saturated rings. The van der Waals surface area contributed by atoms with E-state index in [1.54, 1.807) is 22.8 Å². The number of aliphatic hydroxyl groups is 4. The fraction of sp³-hybridized carbons (Fsp3) is 0.259. The molecule has 5 atom stereocenters. The molecule has 1 unspecified atom stereocenters. The van der Waals surface area contributed by atoms with Gasteiger partial charge in [-0.15, -0.1) is 0 Å². The van der Waals surface area contributed by atoms with Gasteiger partial charge in [0.2, 0.25) is 6.79 Å². The highest BCUT2D eigenvalue weighted by molar-refractivity contribution is 6.39. The lowest BCUT2D eigenvalue weighted by molar-refractivity contribution is -0.249. The first-order chi connectivity index (χ1) is 19.3. The lowest BCUT2D eigenvalue weighted by Crippen LogP contribution is -2.56. The molecule has 204 valence electrons. The summed E-state index contributed by atoms with van der Waals surface area (Å²) >= 11 is 0. The van der Waals surface area contributed by atoms with Gasteiger partial charge in [-0.1, -0.05) is 0 Å². The SMILES string of the molecule is O=C1NC(=O)c2c1c1c3cc(O)ccc3[nH]c1c1c2c2cc3c(cc2n1C1O[C@H](CO)[C@H](O)[C@@H](O)[C@H]1O)OCO3. The molecule has 3 aliphatic rings. The van der Waals surface area contributed by atoms with Crippen molar-refractivity contribution in [2.75, 3.05) is 13.4 Å². The molecule has 5 heterocycles. The number of aliphatic hydroxyl groups excluding tert-OH is 4. The molecule has 1 saturated heterocycles. The van der Waals surface area contributed by atoms with E-state index in [4.69, 9.17) is 14.2 Å². The van der Waals surface area contributed by atoms with E-state index in [1.807, 2.05) is 0 Å². The summed E-state index contributed by atoms with van der Waals surface area (Å²) in [6.07, 6.45) is -7.48. The number of nitrogens with one attached hydrogen (secondary N) is 2. The van der Waals surface area contributed by atoms with Crippen LogP contribution in [0.15, 0.2) is 30.3 Å². The molecule has 13 heteroatoms. The van der Waals surface area contributed by atoms with Gasteiger partial charge in [-0.25, -0.2) is 0 Å². The van der Waals surface area contributed by atoms with Gasteiger partial charge in [0.1, 0.15) is 30.2 Å². The van der Waals surface area contributed by atoms with Crippen LogP contribution in [0, 0.1) is 0 Å². The molecule has 40 heavy (non-hydrogen) atoms. The van der Waals surface area contributed by atoms with E-state index < -0.39 is 49.1 Å². The van der Waals surface area contributed by atoms with E-state index in [9.17, 15) is 35.1 Å². The summed E-state index contributed by atoms with van der Waals surface area (Å²) in [7, 11) is 0. The Morgan fingerprint density at radius 2 is 1.62 bits per heavy atom. The highest BCUT2D eigenvalue weighted by Crippen LogP contribution is 2.49. The number of nitrogens with zero attached hydrogens (tertiary/aromatic N) is 1. The first kappa shape index (κ1) is 23.5. The molecule has 2 amide bonds. The molecule has 3 aromatic carbocycles. The summed E-state index contributed by atoms with van der Waals surface area (Å²) in [5.41, 5.74) is 1.92. The lowest BCUT2D eigenvalue weighted by atomic mass is 9.96. The number of aromatic hydroxyl groups is 1. The maximum absolute atomic E-state index is 13.3.